The molecule has 1 heterocycles. The molecule has 0 aliphatic carbocycles. The molecule has 0 spiro atoms. The first-order valence-corrected chi connectivity index (χ1v) is 4.99. The molecular formula is C10H18N4O. The number of rotatable bonds is 3. The molecule has 1 aromatic rings. The Bertz CT molecular complexity index is 337. The number of anilines is 1. The first-order chi connectivity index (χ1) is 6.93. The van der Waals surface area contributed by atoms with E-state index in [4.69, 9.17) is 5.73 Å². The van der Waals surface area contributed by atoms with Gasteiger partial charge in [-0.3, -0.25) is 9.89 Å². The molecule has 5 nitrogen and oxygen atoms in total. The average Bonchev–Trinajstić information content (AvgIpc) is 2.52. The Morgan fingerprint density at radius 2 is 2.27 bits per heavy atom. The number of nitrogens with two attached hydrogens (primary N) is 1. The zero-order valence-corrected chi connectivity index (χ0v) is 9.42. The number of nitrogens with one attached hydrogen (secondary N) is 2. The van der Waals surface area contributed by atoms with Crippen LogP contribution in [0.15, 0.2) is 6.07 Å². The quantitative estimate of drug-likeness (QED) is 0.695. The van der Waals surface area contributed by atoms with E-state index in [1.54, 1.807) is 0 Å². The first kappa shape index (κ1) is 11.7. The fourth-order valence-electron chi connectivity index (χ4n) is 1.11. The normalized spacial score (nSPS) is 11.5. The van der Waals surface area contributed by atoms with E-state index in [1.807, 2.05) is 6.07 Å². The van der Waals surface area contributed by atoms with Crippen molar-refractivity contribution >= 4 is 11.7 Å². The van der Waals surface area contributed by atoms with E-state index in [-0.39, 0.29) is 11.3 Å². The van der Waals surface area contributed by atoms with Crippen LogP contribution in [0.25, 0.3) is 0 Å². The number of amides is 1. The van der Waals surface area contributed by atoms with Gasteiger partial charge in [0.2, 0.25) is 5.91 Å². The van der Waals surface area contributed by atoms with Gasteiger partial charge < -0.3 is 11.1 Å². The minimum atomic E-state index is -0.107. The third-order valence-corrected chi connectivity index (χ3v) is 2.02. The number of carbonyl (C=O) groups is 1. The second-order valence-electron chi connectivity index (χ2n) is 4.50. The Morgan fingerprint density at radius 3 is 2.73 bits per heavy atom. The van der Waals surface area contributed by atoms with Gasteiger partial charge >= 0.3 is 0 Å². The zero-order chi connectivity index (χ0) is 11.5. The summed E-state index contributed by atoms with van der Waals surface area (Å²) >= 11 is 0. The summed E-state index contributed by atoms with van der Waals surface area (Å²) in [6.45, 7) is 6.58. The molecule has 0 fully saturated rings. The van der Waals surface area contributed by atoms with Crippen molar-refractivity contribution in [3.8, 4) is 0 Å². The maximum Gasteiger partial charge on any atom is 0.226 e. The highest BCUT2D eigenvalue weighted by Crippen LogP contribution is 2.21. The molecule has 0 aliphatic rings. The third kappa shape index (κ3) is 3.36. The summed E-state index contributed by atoms with van der Waals surface area (Å²) in [5, 5.41) is 9.58. The Kier molecular flexibility index (Phi) is 3.47. The summed E-state index contributed by atoms with van der Waals surface area (Å²) in [5.74, 6) is 0.447. The molecule has 84 valence electrons. The number of nitrogens with zero attached hydrogens (tertiary/aromatic N) is 1. The van der Waals surface area contributed by atoms with Crippen molar-refractivity contribution in [3.63, 3.8) is 0 Å². The standard InChI is InChI=1S/C10H18N4O/c1-10(2,3)7-6-8(14-13-7)12-9(15)4-5-11/h6H,4-5,11H2,1-3H3,(H2,12,13,14,15). The molecule has 0 unspecified atom stereocenters. The highest BCUT2D eigenvalue weighted by atomic mass is 16.1. The highest BCUT2D eigenvalue weighted by Gasteiger charge is 2.17. The van der Waals surface area contributed by atoms with E-state index < -0.39 is 0 Å². The zero-order valence-electron chi connectivity index (χ0n) is 9.42. The summed E-state index contributed by atoms with van der Waals surface area (Å²) in [7, 11) is 0. The molecule has 0 atom stereocenters. The van der Waals surface area contributed by atoms with Gasteiger partial charge in [0.25, 0.3) is 0 Å². The number of hydrogen-bond donors (Lipinski definition) is 3. The number of H-pyrrole nitrogens is 1. The Labute approximate surface area is 89.4 Å². The molecule has 0 saturated heterocycles. The summed E-state index contributed by atoms with van der Waals surface area (Å²) < 4.78 is 0. The second-order valence-corrected chi connectivity index (χ2v) is 4.50. The van der Waals surface area contributed by atoms with Gasteiger partial charge in [-0.1, -0.05) is 20.8 Å². The fourth-order valence-corrected chi connectivity index (χ4v) is 1.11. The van der Waals surface area contributed by atoms with Crippen molar-refractivity contribution in [1.82, 2.24) is 10.2 Å². The van der Waals surface area contributed by atoms with Crippen LogP contribution in [0.4, 0.5) is 5.82 Å². The van der Waals surface area contributed by atoms with Crippen molar-refractivity contribution in [2.45, 2.75) is 32.6 Å². The van der Waals surface area contributed by atoms with Gasteiger partial charge in [0.05, 0.1) is 0 Å². The molecule has 1 aromatic heterocycles. The predicted octanol–water partition coefficient (Wildman–Crippen LogP) is 0.995. The van der Waals surface area contributed by atoms with E-state index >= 15 is 0 Å². The van der Waals surface area contributed by atoms with Gasteiger partial charge in [0, 0.05) is 30.1 Å². The molecule has 5 heteroatoms. The van der Waals surface area contributed by atoms with Crippen molar-refractivity contribution in [2.24, 2.45) is 5.73 Å². The minimum Gasteiger partial charge on any atom is -0.330 e. The van der Waals surface area contributed by atoms with Gasteiger partial charge in [0.1, 0.15) is 0 Å². The molecule has 15 heavy (non-hydrogen) atoms. The Hall–Kier alpha value is -1.36. The van der Waals surface area contributed by atoms with Crippen molar-refractivity contribution in [2.75, 3.05) is 11.9 Å². The predicted molar refractivity (Wildman–Crippen MR) is 59.6 cm³/mol. The molecule has 0 aromatic carbocycles. The van der Waals surface area contributed by atoms with Crippen LogP contribution in [-0.4, -0.2) is 22.6 Å². The molecular weight excluding hydrogens is 192 g/mol. The van der Waals surface area contributed by atoms with Crippen molar-refractivity contribution in [1.29, 1.82) is 0 Å². The van der Waals surface area contributed by atoms with Crippen LogP contribution < -0.4 is 11.1 Å². The van der Waals surface area contributed by atoms with Crippen molar-refractivity contribution in [3.05, 3.63) is 11.8 Å². The van der Waals surface area contributed by atoms with E-state index in [1.165, 1.54) is 0 Å². The van der Waals surface area contributed by atoms with Crippen molar-refractivity contribution < 1.29 is 4.79 Å². The highest BCUT2D eigenvalue weighted by molar-refractivity contribution is 5.89. The van der Waals surface area contributed by atoms with Gasteiger partial charge in [-0.2, -0.15) is 5.10 Å². The van der Waals surface area contributed by atoms with Crippen LogP contribution in [0.5, 0.6) is 0 Å². The largest absolute Gasteiger partial charge is 0.330 e. The maximum absolute atomic E-state index is 11.2. The molecule has 1 rings (SSSR count). The third-order valence-electron chi connectivity index (χ3n) is 2.02. The fraction of sp³-hybridized carbons (Fsp3) is 0.600. The first-order valence-electron chi connectivity index (χ1n) is 4.99. The van der Waals surface area contributed by atoms with Gasteiger partial charge in [-0.05, 0) is 0 Å². The number of hydrogen-bond acceptors (Lipinski definition) is 3. The summed E-state index contributed by atoms with van der Waals surface area (Å²) in [6, 6.07) is 1.84. The van der Waals surface area contributed by atoms with Gasteiger partial charge in [-0.15, -0.1) is 0 Å². The molecule has 0 radical (unpaired) electrons. The van der Waals surface area contributed by atoms with E-state index in [2.05, 4.69) is 36.3 Å². The van der Waals surface area contributed by atoms with Crippen LogP contribution >= 0.6 is 0 Å². The molecule has 4 N–H and O–H groups in total. The van der Waals surface area contributed by atoms with Crippen LogP contribution in [0, 0.1) is 0 Å². The smallest absolute Gasteiger partial charge is 0.226 e. The lowest BCUT2D eigenvalue weighted by Crippen LogP contribution is -2.16. The lowest BCUT2D eigenvalue weighted by Gasteiger charge is -2.14. The van der Waals surface area contributed by atoms with Crippen LogP contribution in [-0.2, 0) is 10.2 Å². The minimum absolute atomic E-state index is 0.00381. The topological polar surface area (TPSA) is 83.8 Å². The lowest BCUT2D eigenvalue weighted by atomic mass is 9.92. The monoisotopic (exact) mass is 210 g/mol. The van der Waals surface area contributed by atoms with Gasteiger partial charge in [0.15, 0.2) is 5.82 Å². The van der Waals surface area contributed by atoms with Crippen LogP contribution in [0.1, 0.15) is 32.9 Å². The molecule has 0 aliphatic heterocycles. The van der Waals surface area contributed by atoms with Gasteiger partial charge in [-0.25, -0.2) is 0 Å². The summed E-state index contributed by atoms with van der Waals surface area (Å²) in [6.07, 6.45) is 0.317. The van der Waals surface area contributed by atoms with E-state index in [0.29, 0.717) is 18.8 Å². The molecule has 1 amide bonds. The SMILES string of the molecule is CC(C)(C)c1cc(NC(=O)CCN)n[nH]1. The Morgan fingerprint density at radius 1 is 1.60 bits per heavy atom. The number of aromatic nitrogens is 2. The number of aromatic amines is 1. The van der Waals surface area contributed by atoms with Crippen LogP contribution in [0.3, 0.4) is 0 Å². The second kappa shape index (κ2) is 4.44. The lowest BCUT2D eigenvalue weighted by molar-refractivity contribution is -0.116. The Balaban J connectivity index is 2.65. The summed E-state index contributed by atoms with van der Waals surface area (Å²) in [4.78, 5) is 11.2. The van der Waals surface area contributed by atoms with Crippen LogP contribution in [0.2, 0.25) is 0 Å². The number of carbonyl (C=O) groups excluding carboxylic acids is 1. The maximum atomic E-state index is 11.2. The molecule has 0 bridgehead atoms. The van der Waals surface area contributed by atoms with E-state index in [0.717, 1.165) is 5.69 Å². The van der Waals surface area contributed by atoms with E-state index in [9.17, 15) is 4.79 Å². The molecule has 0 saturated carbocycles. The average molecular weight is 210 g/mol. The summed E-state index contributed by atoms with van der Waals surface area (Å²) in [5.41, 5.74) is 6.26.